The predicted molar refractivity (Wildman–Crippen MR) is 98.1 cm³/mol. The number of nitrogens with one attached hydrogen (secondary N) is 1. The molecule has 7 nitrogen and oxygen atoms in total. The van der Waals surface area contributed by atoms with Crippen molar-refractivity contribution in [1.29, 1.82) is 0 Å². The predicted octanol–water partition coefficient (Wildman–Crippen LogP) is 3.16. The van der Waals surface area contributed by atoms with Gasteiger partial charge in [0.25, 0.3) is 0 Å². The second-order valence-corrected chi connectivity index (χ2v) is 5.95. The number of nitrogens with zero attached hydrogens (tertiary/aromatic N) is 2. The van der Waals surface area contributed by atoms with Crippen LogP contribution in [-0.2, 0) is 11.3 Å². The van der Waals surface area contributed by atoms with Crippen molar-refractivity contribution in [3.05, 3.63) is 65.8 Å². The molecule has 0 unspecified atom stereocenters. The quantitative estimate of drug-likeness (QED) is 0.601. The first kappa shape index (κ1) is 19.2. The van der Waals surface area contributed by atoms with Crippen molar-refractivity contribution in [2.75, 3.05) is 7.11 Å². The molecule has 0 atom stereocenters. The summed E-state index contributed by atoms with van der Waals surface area (Å²) in [5.74, 6) is 0.412. The van der Waals surface area contributed by atoms with Crippen LogP contribution in [0, 0.1) is 5.82 Å². The molecule has 0 aliphatic rings. The number of halogens is 1. The van der Waals surface area contributed by atoms with Crippen molar-refractivity contribution in [2.24, 2.45) is 0 Å². The number of benzene rings is 2. The summed E-state index contributed by atoms with van der Waals surface area (Å²) in [5.41, 5.74) is 1.13. The van der Waals surface area contributed by atoms with E-state index in [-0.39, 0.29) is 37.0 Å². The SMILES string of the molecule is COc1ccc(-c2noc(CNC(=O)CCC(=O)c3ccc(F)cc3)n2)cc1. The second-order valence-electron chi connectivity index (χ2n) is 5.95. The number of amides is 1. The van der Waals surface area contributed by atoms with Gasteiger partial charge < -0.3 is 14.6 Å². The highest BCUT2D eigenvalue weighted by molar-refractivity contribution is 5.97. The van der Waals surface area contributed by atoms with Crippen molar-refractivity contribution in [2.45, 2.75) is 19.4 Å². The molecular weight excluding hydrogens is 365 g/mol. The molecule has 1 aromatic heterocycles. The van der Waals surface area contributed by atoms with E-state index in [0.717, 1.165) is 11.3 Å². The average Bonchev–Trinajstić information content (AvgIpc) is 3.20. The summed E-state index contributed by atoms with van der Waals surface area (Å²) in [6.07, 6.45) is 0.0358. The largest absolute Gasteiger partial charge is 0.497 e. The van der Waals surface area contributed by atoms with Gasteiger partial charge >= 0.3 is 0 Å². The average molecular weight is 383 g/mol. The molecule has 3 aromatic rings. The molecule has 0 fully saturated rings. The van der Waals surface area contributed by atoms with Crippen LogP contribution in [-0.4, -0.2) is 28.9 Å². The van der Waals surface area contributed by atoms with E-state index in [1.165, 1.54) is 24.3 Å². The van der Waals surface area contributed by atoms with E-state index < -0.39 is 5.82 Å². The summed E-state index contributed by atoms with van der Waals surface area (Å²) in [5, 5.41) is 6.51. The molecule has 0 aliphatic heterocycles. The van der Waals surface area contributed by atoms with Crippen molar-refractivity contribution >= 4 is 11.7 Å². The molecule has 1 amide bonds. The third-order valence-corrected chi connectivity index (χ3v) is 4.00. The first-order chi connectivity index (χ1) is 13.5. The van der Waals surface area contributed by atoms with Gasteiger partial charge in [-0.05, 0) is 48.5 Å². The number of aromatic nitrogens is 2. The Labute approximate surface area is 160 Å². The maximum absolute atomic E-state index is 12.9. The van der Waals surface area contributed by atoms with E-state index in [2.05, 4.69) is 15.5 Å². The Morgan fingerprint density at radius 3 is 2.46 bits per heavy atom. The number of Topliss-reactive ketones (excluding diaryl/α,β-unsaturated/α-hetero) is 1. The molecule has 144 valence electrons. The first-order valence-corrected chi connectivity index (χ1v) is 8.57. The van der Waals surface area contributed by atoms with E-state index in [4.69, 9.17) is 9.26 Å². The molecule has 0 aliphatic carbocycles. The van der Waals surface area contributed by atoms with Crippen molar-refractivity contribution < 1.29 is 23.2 Å². The fourth-order valence-corrected chi connectivity index (χ4v) is 2.45. The molecule has 0 bridgehead atoms. The number of ether oxygens (including phenoxy) is 1. The van der Waals surface area contributed by atoms with Gasteiger partial charge in [-0.3, -0.25) is 9.59 Å². The van der Waals surface area contributed by atoms with Gasteiger partial charge in [0.2, 0.25) is 17.6 Å². The number of carbonyl (C=O) groups is 2. The molecule has 0 spiro atoms. The second kappa shape index (κ2) is 8.90. The van der Waals surface area contributed by atoms with Crippen molar-refractivity contribution in [1.82, 2.24) is 15.5 Å². The van der Waals surface area contributed by atoms with Crippen LogP contribution < -0.4 is 10.1 Å². The highest BCUT2D eigenvalue weighted by Crippen LogP contribution is 2.19. The Hall–Kier alpha value is -3.55. The Balaban J connectivity index is 1.47. The molecule has 0 saturated carbocycles. The number of hydrogen-bond donors (Lipinski definition) is 1. The Bertz CT molecular complexity index is 952. The zero-order chi connectivity index (χ0) is 19.9. The molecule has 0 saturated heterocycles. The molecule has 28 heavy (non-hydrogen) atoms. The lowest BCUT2D eigenvalue weighted by Crippen LogP contribution is -2.23. The standard InChI is InChI=1S/C20H18FN3O4/c1-27-16-8-4-14(5-9-16)20-23-19(28-24-20)12-22-18(26)11-10-17(25)13-2-6-15(21)7-3-13/h2-9H,10-12H2,1H3,(H,22,26). The summed E-state index contributed by atoms with van der Waals surface area (Å²) in [6, 6.07) is 12.4. The summed E-state index contributed by atoms with van der Waals surface area (Å²) in [7, 11) is 1.58. The normalized spacial score (nSPS) is 10.5. The molecule has 1 N–H and O–H groups in total. The minimum absolute atomic E-state index is 0.00961. The number of methoxy groups -OCH3 is 1. The first-order valence-electron chi connectivity index (χ1n) is 8.57. The van der Waals surface area contributed by atoms with Crippen LogP contribution in [0.25, 0.3) is 11.4 Å². The highest BCUT2D eigenvalue weighted by Gasteiger charge is 2.12. The van der Waals surface area contributed by atoms with Crippen molar-refractivity contribution in [3.63, 3.8) is 0 Å². The van der Waals surface area contributed by atoms with Gasteiger partial charge in [-0.25, -0.2) is 4.39 Å². The van der Waals surface area contributed by atoms with Crippen LogP contribution in [0.1, 0.15) is 29.1 Å². The van der Waals surface area contributed by atoms with Gasteiger partial charge in [-0.1, -0.05) is 5.16 Å². The fourth-order valence-electron chi connectivity index (χ4n) is 2.45. The van der Waals surface area contributed by atoms with Crippen LogP contribution in [0.3, 0.4) is 0 Å². The van der Waals surface area contributed by atoms with Gasteiger partial charge in [0.1, 0.15) is 11.6 Å². The minimum Gasteiger partial charge on any atom is -0.497 e. The Morgan fingerprint density at radius 2 is 1.79 bits per heavy atom. The summed E-state index contributed by atoms with van der Waals surface area (Å²) in [6.45, 7) is 0.0622. The van der Waals surface area contributed by atoms with Crippen LogP contribution in [0.15, 0.2) is 53.1 Å². The Kier molecular flexibility index (Phi) is 6.11. The molecule has 0 radical (unpaired) electrons. The lowest BCUT2D eigenvalue weighted by molar-refractivity contribution is -0.121. The van der Waals surface area contributed by atoms with Gasteiger partial charge in [-0.2, -0.15) is 4.98 Å². The van der Waals surface area contributed by atoms with Crippen LogP contribution in [0.4, 0.5) is 4.39 Å². The zero-order valence-electron chi connectivity index (χ0n) is 15.1. The molecule has 3 rings (SSSR count). The lowest BCUT2D eigenvalue weighted by atomic mass is 10.1. The fraction of sp³-hybridized carbons (Fsp3) is 0.200. The molecule has 2 aromatic carbocycles. The van der Waals surface area contributed by atoms with Crippen LogP contribution in [0.2, 0.25) is 0 Å². The van der Waals surface area contributed by atoms with E-state index >= 15 is 0 Å². The topological polar surface area (TPSA) is 94.3 Å². The summed E-state index contributed by atoms with van der Waals surface area (Å²) >= 11 is 0. The van der Waals surface area contributed by atoms with Gasteiger partial charge in [0, 0.05) is 24.0 Å². The van der Waals surface area contributed by atoms with Gasteiger partial charge in [0.15, 0.2) is 5.78 Å². The summed E-state index contributed by atoms with van der Waals surface area (Å²) in [4.78, 5) is 28.1. The lowest BCUT2D eigenvalue weighted by Gasteiger charge is -2.02. The van der Waals surface area contributed by atoms with E-state index in [1.54, 1.807) is 31.4 Å². The molecule has 1 heterocycles. The minimum atomic E-state index is -0.414. The third-order valence-electron chi connectivity index (χ3n) is 4.00. The van der Waals surface area contributed by atoms with Crippen LogP contribution in [0.5, 0.6) is 5.75 Å². The van der Waals surface area contributed by atoms with E-state index in [1.807, 2.05) is 0 Å². The number of rotatable bonds is 8. The molecule has 8 heteroatoms. The maximum atomic E-state index is 12.9. The number of hydrogen-bond acceptors (Lipinski definition) is 6. The van der Waals surface area contributed by atoms with Crippen molar-refractivity contribution in [3.8, 4) is 17.1 Å². The third kappa shape index (κ3) is 5.00. The smallest absolute Gasteiger partial charge is 0.246 e. The Morgan fingerprint density at radius 1 is 1.07 bits per heavy atom. The number of ketones is 1. The monoisotopic (exact) mass is 383 g/mol. The zero-order valence-corrected chi connectivity index (χ0v) is 15.1. The van der Waals surface area contributed by atoms with Crippen LogP contribution >= 0.6 is 0 Å². The van der Waals surface area contributed by atoms with Gasteiger partial charge in [-0.15, -0.1) is 0 Å². The van der Waals surface area contributed by atoms with E-state index in [0.29, 0.717) is 11.4 Å². The van der Waals surface area contributed by atoms with Gasteiger partial charge in [0.05, 0.1) is 13.7 Å². The highest BCUT2D eigenvalue weighted by atomic mass is 19.1. The maximum Gasteiger partial charge on any atom is 0.246 e. The van der Waals surface area contributed by atoms with E-state index in [9.17, 15) is 14.0 Å². The number of carbonyl (C=O) groups excluding carboxylic acids is 2. The summed E-state index contributed by atoms with van der Waals surface area (Å²) < 4.78 is 23.1. The molecular formula is C20H18FN3O4.